The van der Waals surface area contributed by atoms with Crippen LogP contribution in [0.25, 0.3) is 0 Å². The summed E-state index contributed by atoms with van der Waals surface area (Å²) in [5, 5.41) is 0. The predicted octanol–water partition coefficient (Wildman–Crippen LogP) is 3.83. The smallest absolute Gasteiger partial charge is 0.0257 e. The number of rotatable bonds is 1. The predicted molar refractivity (Wildman–Crippen MR) is 69.6 cm³/mol. The van der Waals surface area contributed by atoms with Gasteiger partial charge in [0.1, 0.15) is 0 Å². The van der Waals surface area contributed by atoms with Gasteiger partial charge in [-0.15, -0.1) is 0 Å². The lowest BCUT2D eigenvalue weighted by molar-refractivity contribution is 1.40. The van der Waals surface area contributed by atoms with Crippen LogP contribution in [0.4, 0.5) is 0 Å². The molecular weight excluding hydrogens is 465 g/mol. The molecule has 0 unspecified atom stereocenters. The van der Waals surface area contributed by atoms with E-state index in [1.54, 1.807) is 0 Å². The third-order valence-electron chi connectivity index (χ3n) is 1.16. The van der Waals surface area contributed by atoms with Gasteiger partial charge in [0.05, 0.1) is 0 Å². The van der Waals surface area contributed by atoms with Crippen molar-refractivity contribution in [1.82, 2.24) is 0 Å². The van der Waals surface area contributed by atoms with E-state index in [2.05, 4.69) is 86.0 Å². The van der Waals surface area contributed by atoms with Gasteiger partial charge in [0.2, 0.25) is 0 Å². The van der Waals surface area contributed by atoms with Crippen molar-refractivity contribution in [1.29, 1.82) is 0 Å². The summed E-state index contributed by atoms with van der Waals surface area (Å²) in [5.74, 6) is 0. The zero-order valence-electron chi connectivity index (χ0n) is 5.07. The Balaban J connectivity index is 3.07. The molecule has 0 N–H and O–H groups in total. The molecule has 0 heterocycles. The molecule has 0 aliphatic heterocycles. The van der Waals surface area contributed by atoms with Gasteiger partial charge in [0, 0.05) is 11.6 Å². The second kappa shape index (κ2) is 4.44. The third kappa shape index (κ3) is 2.47. The van der Waals surface area contributed by atoms with Crippen molar-refractivity contribution in [3.05, 3.63) is 30.9 Å². The number of hydrogen-bond donors (Lipinski definition) is 0. The van der Waals surface area contributed by atoms with Gasteiger partial charge in [0.25, 0.3) is 0 Å². The highest BCUT2D eigenvalue weighted by molar-refractivity contribution is 14.1. The summed E-state index contributed by atoms with van der Waals surface area (Å²) in [5.41, 5.74) is 1.43. The Morgan fingerprint density at radius 2 is 1.90 bits per heavy atom. The second-order valence-electron chi connectivity index (χ2n) is 1.87. The monoisotopic (exact) mass is 470 g/mol. The molecule has 54 valence electrons. The number of benzene rings is 1. The first-order valence-corrected chi connectivity index (χ1v) is 6.42. The Hall–Kier alpha value is 1.41. The average molecular weight is 470 g/mol. The van der Waals surface area contributed by atoms with Gasteiger partial charge in [-0.25, -0.2) is 0 Å². The summed E-state index contributed by atoms with van der Waals surface area (Å²) in [7, 11) is 0. The van der Waals surface area contributed by atoms with Gasteiger partial charge in [-0.2, -0.15) is 0 Å². The number of alkyl halides is 1. The zero-order valence-corrected chi connectivity index (χ0v) is 11.5. The van der Waals surface area contributed by atoms with Gasteiger partial charge < -0.3 is 0 Å². The molecule has 3 heteroatoms. The molecule has 0 amide bonds. The Labute approximate surface area is 102 Å². The summed E-state index contributed by atoms with van der Waals surface area (Å²) < 4.78 is 3.79. The molecule has 0 spiro atoms. The minimum absolute atomic E-state index is 1.10. The van der Waals surface area contributed by atoms with Crippen molar-refractivity contribution >= 4 is 67.8 Å². The molecule has 0 nitrogen and oxygen atoms in total. The Morgan fingerprint density at radius 1 is 1.20 bits per heavy atom. The fourth-order valence-electron chi connectivity index (χ4n) is 0.630. The maximum absolute atomic E-state index is 2.38. The van der Waals surface area contributed by atoms with Gasteiger partial charge in [-0.05, 0) is 62.9 Å². The lowest BCUT2D eigenvalue weighted by Gasteiger charge is -1.98. The number of halogens is 3. The molecule has 10 heavy (non-hydrogen) atoms. The van der Waals surface area contributed by atoms with Crippen molar-refractivity contribution < 1.29 is 0 Å². The van der Waals surface area contributed by atoms with E-state index in [4.69, 9.17) is 0 Å². The van der Waals surface area contributed by atoms with E-state index >= 15 is 0 Å². The fourth-order valence-corrected chi connectivity index (χ4v) is 3.82. The van der Waals surface area contributed by atoms with Crippen LogP contribution in [0, 0.1) is 7.14 Å². The first kappa shape index (κ1) is 9.50. The first-order valence-electron chi connectivity index (χ1n) is 2.74. The molecule has 0 atom stereocenters. The van der Waals surface area contributed by atoms with E-state index < -0.39 is 0 Å². The average Bonchev–Trinajstić information content (AvgIpc) is 1.88. The van der Waals surface area contributed by atoms with Gasteiger partial charge in [-0.1, -0.05) is 28.7 Å². The molecule has 0 aliphatic rings. The van der Waals surface area contributed by atoms with E-state index in [1.165, 1.54) is 12.7 Å². The Morgan fingerprint density at radius 3 is 2.40 bits per heavy atom. The Kier molecular flexibility index (Phi) is 4.22. The van der Waals surface area contributed by atoms with E-state index in [9.17, 15) is 0 Å². The van der Waals surface area contributed by atoms with Gasteiger partial charge >= 0.3 is 0 Å². The van der Waals surface area contributed by atoms with Crippen LogP contribution < -0.4 is 0 Å². The van der Waals surface area contributed by atoms with Crippen LogP contribution in [0.1, 0.15) is 5.56 Å². The summed E-state index contributed by atoms with van der Waals surface area (Å²) in [6.07, 6.45) is 0. The third-order valence-corrected chi connectivity index (χ3v) is 3.66. The van der Waals surface area contributed by atoms with Gasteiger partial charge in [0.15, 0.2) is 0 Å². The zero-order chi connectivity index (χ0) is 7.56. The normalized spacial score (nSPS) is 9.90. The highest BCUT2D eigenvalue weighted by atomic mass is 127. The molecule has 1 aromatic rings. The SMILES string of the molecule is ICc1ccc(I)cc1I. The lowest BCUT2D eigenvalue weighted by atomic mass is 10.2. The molecular formula is C7H5I3. The van der Waals surface area contributed by atoms with Gasteiger partial charge in [-0.3, -0.25) is 0 Å². The van der Waals surface area contributed by atoms with Crippen LogP contribution in [0.3, 0.4) is 0 Å². The van der Waals surface area contributed by atoms with Crippen molar-refractivity contribution in [3.8, 4) is 0 Å². The van der Waals surface area contributed by atoms with Crippen LogP contribution in [0.5, 0.6) is 0 Å². The van der Waals surface area contributed by atoms with E-state index in [-0.39, 0.29) is 0 Å². The van der Waals surface area contributed by atoms with Crippen molar-refractivity contribution in [2.24, 2.45) is 0 Å². The molecule has 0 bridgehead atoms. The maximum Gasteiger partial charge on any atom is 0.0257 e. The minimum Gasteiger partial charge on any atom is -0.0811 e. The largest absolute Gasteiger partial charge is 0.0811 e. The van der Waals surface area contributed by atoms with Crippen molar-refractivity contribution in [3.63, 3.8) is 0 Å². The maximum atomic E-state index is 2.38. The highest BCUT2D eigenvalue weighted by Crippen LogP contribution is 2.18. The molecule has 1 rings (SSSR count). The molecule has 0 saturated carbocycles. The standard InChI is InChI=1S/C7H5I3/c8-4-5-1-2-6(9)3-7(5)10/h1-3H,4H2. The van der Waals surface area contributed by atoms with Crippen LogP contribution in [0.15, 0.2) is 18.2 Å². The van der Waals surface area contributed by atoms with Crippen LogP contribution >= 0.6 is 67.8 Å². The first-order chi connectivity index (χ1) is 4.74. The van der Waals surface area contributed by atoms with E-state index in [0.29, 0.717) is 0 Å². The topological polar surface area (TPSA) is 0 Å². The molecule has 0 aromatic heterocycles. The van der Waals surface area contributed by atoms with Crippen molar-refractivity contribution in [2.45, 2.75) is 4.43 Å². The van der Waals surface area contributed by atoms with Crippen LogP contribution in [-0.2, 0) is 4.43 Å². The van der Waals surface area contributed by atoms with E-state index in [0.717, 1.165) is 4.43 Å². The van der Waals surface area contributed by atoms with E-state index in [1.807, 2.05) is 0 Å². The quantitative estimate of drug-likeness (QED) is 0.433. The summed E-state index contributed by atoms with van der Waals surface area (Å²) in [6, 6.07) is 6.54. The second-order valence-corrected chi connectivity index (χ2v) is 5.04. The summed E-state index contributed by atoms with van der Waals surface area (Å²) in [4.78, 5) is 0. The number of hydrogen-bond acceptors (Lipinski definition) is 0. The molecule has 0 aliphatic carbocycles. The van der Waals surface area contributed by atoms with Crippen LogP contribution in [0.2, 0.25) is 0 Å². The molecule has 1 aromatic carbocycles. The Bertz CT molecular complexity index is 232. The summed E-state index contributed by atoms with van der Waals surface area (Å²) >= 11 is 7.09. The minimum atomic E-state index is 1.10. The lowest BCUT2D eigenvalue weighted by Crippen LogP contribution is -1.83. The van der Waals surface area contributed by atoms with Crippen LogP contribution in [-0.4, -0.2) is 0 Å². The summed E-state index contributed by atoms with van der Waals surface area (Å²) in [6.45, 7) is 0. The van der Waals surface area contributed by atoms with Crippen molar-refractivity contribution in [2.75, 3.05) is 0 Å². The fraction of sp³-hybridized carbons (Fsp3) is 0.143. The molecule has 0 saturated heterocycles. The molecule has 0 radical (unpaired) electrons. The highest BCUT2D eigenvalue weighted by Gasteiger charge is 1.96. The molecule has 0 fully saturated rings.